The van der Waals surface area contributed by atoms with Gasteiger partial charge in [-0.3, -0.25) is 0 Å². The minimum absolute atomic E-state index is 0.0130. The zero-order valence-corrected chi connectivity index (χ0v) is 13.9. The summed E-state index contributed by atoms with van der Waals surface area (Å²) in [5, 5.41) is 15.0. The van der Waals surface area contributed by atoms with Crippen LogP contribution in [0.1, 0.15) is 45.9 Å². The number of aliphatic hydroxyl groups excluding tert-OH is 1. The van der Waals surface area contributed by atoms with Gasteiger partial charge in [0.15, 0.2) is 5.82 Å². The standard InChI is InChI=1S/C15H22F3N5O/c1-8(2)19-13-21-12(10-5-4-6-11(24)7-10)22-14(23-13)20-9(3)15(16,17)18/h7-9,11,24H,4-6H2,1-3H3,(H2,19,20,21,22,23)/t9-,11+/m0/s1. The third kappa shape index (κ3) is 5.05. The fourth-order valence-electron chi connectivity index (χ4n) is 2.27. The largest absolute Gasteiger partial charge is 0.408 e. The van der Waals surface area contributed by atoms with Crippen molar-refractivity contribution in [3.63, 3.8) is 0 Å². The van der Waals surface area contributed by atoms with Gasteiger partial charge in [-0.1, -0.05) is 0 Å². The van der Waals surface area contributed by atoms with Crippen molar-refractivity contribution < 1.29 is 18.3 Å². The van der Waals surface area contributed by atoms with Crippen LogP contribution in [0.5, 0.6) is 0 Å². The second-order valence-electron chi connectivity index (χ2n) is 6.16. The number of hydrogen-bond acceptors (Lipinski definition) is 6. The van der Waals surface area contributed by atoms with Crippen LogP contribution in [0, 0.1) is 0 Å². The normalized spacial score (nSPS) is 19.8. The molecule has 3 N–H and O–H groups in total. The second-order valence-corrected chi connectivity index (χ2v) is 6.16. The van der Waals surface area contributed by atoms with Crippen LogP contribution in [0.3, 0.4) is 0 Å². The van der Waals surface area contributed by atoms with Gasteiger partial charge in [0, 0.05) is 6.04 Å². The van der Waals surface area contributed by atoms with Gasteiger partial charge in [0.05, 0.1) is 6.10 Å². The van der Waals surface area contributed by atoms with E-state index >= 15 is 0 Å². The van der Waals surface area contributed by atoms with E-state index in [1.165, 1.54) is 0 Å². The molecule has 9 heteroatoms. The first-order valence-electron chi connectivity index (χ1n) is 7.90. The Labute approximate surface area is 138 Å². The Morgan fingerprint density at radius 2 is 1.75 bits per heavy atom. The lowest BCUT2D eigenvalue weighted by molar-refractivity contribution is -0.138. The van der Waals surface area contributed by atoms with E-state index in [1.54, 1.807) is 6.08 Å². The Morgan fingerprint density at radius 1 is 1.12 bits per heavy atom. The second kappa shape index (κ2) is 7.33. The van der Waals surface area contributed by atoms with E-state index in [0.29, 0.717) is 18.4 Å². The lowest BCUT2D eigenvalue weighted by Crippen LogP contribution is -2.34. The Balaban J connectivity index is 2.34. The van der Waals surface area contributed by atoms with E-state index in [4.69, 9.17) is 0 Å². The molecule has 0 amide bonds. The van der Waals surface area contributed by atoms with Crippen LogP contribution < -0.4 is 10.6 Å². The van der Waals surface area contributed by atoms with Gasteiger partial charge < -0.3 is 15.7 Å². The smallest absolute Gasteiger partial charge is 0.389 e. The van der Waals surface area contributed by atoms with Crippen molar-refractivity contribution in [2.75, 3.05) is 10.6 Å². The highest BCUT2D eigenvalue weighted by Crippen LogP contribution is 2.27. The number of alkyl halides is 3. The van der Waals surface area contributed by atoms with Crippen molar-refractivity contribution in [1.29, 1.82) is 0 Å². The number of allylic oxidation sites excluding steroid dienone is 1. The lowest BCUT2D eigenvalue weighted by Gasteiger charge is -2.20. The summed E-state index contributed by atoms with van der Waals surface area (Å²) >= 11 is 0. The topological polar surface area (TPSA) is 83.0 Å². The van der Waals surface area contributed by atoms with E-state index in [2.05, 4.69) is 25.6 Å². The monoisotopic (exact) mass is 345 g/mol. The van der Waals surface area contributed by atoms with Gasteiger partial charge in [-0.05, 0) is 51.7 Å². The van der Waals surface area contributed by atoms with Gasteiger partial charge in [-0.25, -0.2) is 0 Å². The first-order chi connectivity index (χ1) is 11.1. The molecule has 0 saturated heterocycles. The summed E-state index contributed by atoms with van der Waals surface area (Å²) < 4.78 is 38.3. The van der Waals surface area contributed by atoms with Gasteiger partial charge in [-0.15, -0.1) is 0 Å². The zero-order chi connectivity index (χ0) is 17.9. The van der Waals surface area contributed by atoms with Gasteiger partial charge in [0.1, 0.15) is 6.04 Å². The number of aromatic nitrogens is 3. The predicted octanol–water partition coefficient (Wildman–Crippen LogP) is 2.98. The van der Waals surface area contributed by atoms with Crippen LogP contribution in [0.2, 0.25) is 0 Å². The van der Waals surface area contributed by atoms with Gasteiger partial charge >= 0.3 is 6.18 Å². The molecule has 1 aromatic rings. The van der Waals surface area contributed by atoms with Crippen molar-refractivity contribution >= 4 is 17.5 Å². The molecule has 1 aliphatic rings. The average Bonchev–Trinajstić information content (AvgIpc) is 2.45. The molecule has 6 nitrogen and oxygen atoms in total. The molecule has 134 valence electrons. The summed E-state index contributed by atoms with van der Waals surface area (Å²) in [5.41, 5.74) is 0.714. The molecule has 0 spiro atoms. The summed E-state index contributed by atoms with van der Waals surface area (Å²) in [6.07, 6.45) is -1.25. The van der Waals surface area contributed by atoms with E-state index < -0.39 is 18.3 Å². The molecule has 1 aliphatic carbocycles. The summed E-state index contributed by atoms with van der Waals surface area (Å²) in [5.74, 6) is 0.338. The van der Waals surface area contributed by atoms with E-state index in [-0.39, 0.29) is 23.8 Å². The van der Waals surface area contributed by atoms with Crippen molar-refractivity contribution in [3.05, 3.63) is 11.9 Å². The number of rotatable bonds is 5. The van der Waals surface area contributed by atoms with Crippen LogP contribution in [-0.4, -0.2) is 44.4 Å². The van der Waals surface area contributed by atoms with Crippen molar-refractivity contribution in [2.45, 2.75) is 64.4 Å². The molecule has 2 atom stereocenters. The minimum Gasteiger partial charge on any atom is -0.389 e. The molecular formula is C15H22F3N5O. The Hall–Kier alpha value is -1.90. The number of hydrogen-bond donors (Lipinski definition) is 3. The van der Waals surface area contributed by atoms with Gasteiger partial charge in [0.2, 0.25) is 11.9 Å². The summed E-state index contributed by atoms with van der Waals surface area (Å²) in [4.78, 5) is 12.4. The Morgan fingerprint density at radius 3 is 2.29 bits per heavy atom. The Kier molecular flexibility index (Phi) is 5.63. The predicted molar refractivity (Wildman–Crippen MR) is 85.6 cm³/mol. The van der Waals surface area contributed by atoms with Crippen LogP contribution >= 0.6 is 0 Å². The summed E-state index contributed by atoms with van der Waals surface area (Å²) in [6, 6.07) is -1.77. The molecule has 1 heterocycles. The highest BCUT2D eigenvalue weighted by molar-refractivity contribution is 5.63. The van der Waals surface area contributed by atoms with Crippen molar-refractivity contribution in [3.8, 4) is 0 Å². The maximum atomic E-state index is 12.8. The van der Waals surface area contributed by atoms with Crippen LogP contribution in [0.4, 0.5) is 25.1 Å². The molecule has 0 aromatic carbocycles. The van der Waals surface area contributed by atoms with Gasteiger partial charge in [0.25, 0.3) is 0 Å². The quantitative estimate of drug-likeness (QED) is 0.761. The minimum atomic E-state index is -4.40. The maximum Gasteiger partial charge on any atom is 0.408 e. The summed E-state index contributed by atoms with van der Waals surface area (Å²) in [7, 11) is 0. The first kappa shape index (κ1) is 18.4. The number of anilines is 2. The van der Waals surface area contributed by atoms with E-state index in [0.717, 1.165) is 13.3 Å². The molecule has 2 rings (SSSR count). The number of aliphatic hydroxyl groups is 1. The lowest BCUT2D eigenvalue weighted by atomic mass is 9.97. The van der Waals surface area contributed by atoms with E-state index in [1.807, 2.05) is 13.8 Å². The highest BCUT2D eigenvalue weighted by Gasteiger charge is 2.36. The molecule has 24 heavy (non-hydrogen) atoms. The number of nitrogens with zero attached hydrogens (tertiary/aromatic N) is 3. The van der Waals surface area contributed by atoms with Crippen molar-refractivity contribution in [1.82, 2.24) is 15.0 Å². The fraction of sp³-hybridized carbons (Fsp3) is 0.667. The number of halogens is 3. The zero-order valence-electron chi connectivity index (χ0n) is 13.9. The third-order valence-electron chi connectivity index (χ3n) is 3.52. The highest BCUT2D eigenvalue weighted by atomic mass is 19.4. The molecule has 0 radical (unpaired) electrons. The third-order valence-corrected chi connectivity index (χ3v) is 3.52. The number of nitrogens with one attached hydrogen (secondary N) is 2. The molecule has 0 fully saturated rings. The summed E-state index contributed by atoms with van der Waals surface area (Å²) in [6.45, 7) is 4.75. The SMILES string of the molecule is CC(C)Nc1nc(N[C@@H](C)C(F)(F)F)nc(C2=C[C@H](O)CCC2)n1. The fourth-order valence-corrected chi connectivity index (χ4v) is 2.27. The Bertz CT molecular complexity index is 603. The van der Waals surface area contributed by atoms with Crippen LogP contribution in [0.15, 0.2) is 6.08 Å². The molecule has 0 saturated carbocycles. The van der Waals surface area contributed by atoms with Crippen LogP contribution in [-0.2, 0) is 0 Å². The van der Waals surface area contributed by atoms with Gasteiger partial charge in [-0.2, -0.15) is 28.1 Å². The van der Waals surface area contributed by atoms with Crippen molar-refractivity contribution in [2.24, 2.45) is 0 Å². The maximum absolute atomic E-state index is 12.8. The molecule has 1 aromatic heterocycles. The molecule has 0 unspecified atom stereocenters. The van der Waals surface area contributed by atoms with Crippen LogP contribution in [0.25, 0.3) is 5.57 Å². The first-order valence-corrected chi connectivity index (χ1v) is 7.90. The molecular weight excluding hydrogens is 323 g/mol. The van der Waals surface area contributed by atoms with E-state index in [9.17, 15) is 18.3 Å². The molecule has 0 aliphatic heterocycles. The molecule has 0 bridgehead atoms. The average molecular weight is 345 g/mol.